The highest BCUT2D eigenvalue weighted by atomic mass is 35.5. The van der Waals surface area contributed by atoms with Crippen LogP contribution in [0.25, 0.3) is 0 Å². The molecule has 5 heteroatoms. The molecular formula is C15H14Cl2FNO. The molecule has 0 saturated carbocycles. The number of hydrogen-bond donors (Lipinski definition) is 1. The fourth-order valence-electron chi connectivity index (χ4n) is 2.15. The number of halogens is 3. The Morgan fingerprint density at radius 2 is 1.90 bits per heavy atom. The molecule has 0 aliphatic carbocycles. The van der Waals surface area contributed by atoms with E-state index in [4.69, 9.17) is 27.9 Å². The molecule has 0 saturated heterocycles. The second kappa shape index (κ2) is 6.44. The van der Waals surface area contributed by atoms with E-state index in [2.05, 4.69) is 5.32 Å². The molecule has 2 nitrogen and oxygen atoms in total. The molecule has 20 heavy (non-hydrogen) atoms. The van der Waals surface area contributed by atoms with E-state index in [0.29, 0.717) is 16.3 Å². The van der Waals surface area contributed by atoms with Gasteiger partial charge in [0.2, 0.25) is 0 Å². The number of hydrogen-bond acceptors (Lipinski definition) is 2. The van der Waals surface area contributed by atoms with Gasteiger partial charge in [0, 0.05) is 10.6 Å². The Morgan fingerprint density at radius 3 is 2.55 bits per heavy atom. The molecule has 106 valence electrons. The Hall–Kier alpha value is -1.29. The maximum absolute atomic E-state index is 13.6. The number of ether oxygens (including phenoxy) is 1. The van der Waals surface area contributed by atoms with Crippen LogP contribution < -0.4 is 10.1 Å². The smallest absolute Gasteiger partial charge is 0.142 e. The van der Waals surface area contributed by atoms with E-state index in [0.717, 1.165) is 5.56 Å². The van der Waals surface area contributed by atoms with Crippen LogP contribution in [-0.2, 0) is 0 Å². The van der Waals surface area contributed by atoms with Gasteiger partial charge in [0.05, 0.1) is 18.2 Å². The van der Waals surface area contributed by atoms with E-state index in [1.807, 2.05) is 0 Å². The molecule has 0 aromatic heterocycles. The number of methoxy groups -OCH3 is 1. The van der Waals surface area contributed by atoms with Crippen molar-refractivity contribution in [1.82, 2.24) is 5.32 Å². The molecule has 1 atom stereocenters. The first-order valence-electron chi connectivity index (χ1n) is 6.03. The van der Waals surface area contributed by atoms with Crippen LogP contribution in [-0.4, -0.2) is 14.2 Å². The van der Waals surface area contributed by atoms with Crippen molar-refractivity contribution >= 4 is 23.2 Å². The molecule has 1 N–H and O–H groups in total. The van der Waals surface area contributed by atoms with Crippen molar-refractivity contribution in [3.05, 3.63) is 63.4 Å². The summed E-state index contributed by atoms with van der Waals surface area (Å²) in [7, 11) is 3.35. The summed E-state index contributed by atoms with van der Waals surface area (Å²) in [5.74, 6) is 0.208. The minimum atomic E-state index is -0.453. The summed E-state index contributed by atoms with van der Waals surface area (Å²) >= 11 is 12.1. The van der Waals surface area contributed by atoms with Gasteiger partial charge >= 0.3 is 0 Å². The average Bonchev–Trinajstić information content (AvgIpc) is 2.44. The first-order valence-corrected chi connectivity index (χ1v) is 6.78. The Balaban J connectivity index is 2.58. The van der Waals surface area contributed by atoms with Gasteiger partial charge in [-0.1, -0.05) is 35.3 Å². The second-order valence-corrected chi connectivity index (χ2v) is 5.07. The molecule has 0 aliphatic rings. The topological polar surface area (TPSA) is 21.3 Å². The summed E-state index contributed by atoms with van der Waals surface area (Å²) in [6.07, 6.45) is 0. The largest absolute Gasteiger partial charge is 0.496 e. The molecular weight excluding hydrogens is 300 g/mol. The van der Waals surface area contributed by atoms with Crippen LogP contribution in [0.1, 0.15) is 17.2 Å². The summed E-state index contributed by atoms with van der Waals surface area (Å²) in [4.78, 5) is 0. The number of nitrogens with one attached hydrogen (secondary N) is 1. The predicted octanol–water partition coefficient (Wildman–Crippen LogP) is 4.45. The lowest BCUT2D eigenvalue weighted by molar-refractivity contribution is 0.405. The van der Waals surface area contributed by atoms with E-state index in [9.17, 15) is 4.39 Å². The lowest BCUT2D eigenvalue weighted by Gasteiger charge is -2.21. The average molecular weight is 314 g/mol. The van der Waals surface area contributed by atoms with Crippen molar-refractivity contribution in [3.8, 4) is 5.75 Å². The molecule has 2 rings (SSSR count). The SMILES string of the molecule is CNC(c1cc(Cl)ccc1OC)c1cccc(F)c1Cl. The monoisotopic (exact) mass is 313 g/mol. The van der Waals surface area contributed by atoms with Gasteiger partial charge in [0.1, 0.15) is 11.6 Å². The van der Waals surface area contributed by atoms with Crippen LogP contribution in [0.2, 0.25) is 10.0 Å². The third-order valence-electron chi connectivity index (χ3n) is 3.08. The summed E-state index contributed by atoms with van der Waals surface area (Å²) in [6, 6.07) is 9.70. The standard InChI is InChI=1S/C15H14Cl2FNO/c1-19-15(10-4-3-5-12(18)14(10)17)11-8-9(16)6-7-13(11)20-2/h3-8,15,19H,1-2H3. The zero-order valence-corrected chi connectivity index (χ0v) is 12.6. The van der Waals surface area contributed by atoms with Crippen molar-refractivity contribution in [3.63, 3.8) is 0 Å². The third-order valence-corrected chi connectivity index (χ3v) is 3.72. The Bertz CT molecular complexity index is 619. The van der Waals surface area contributed by atoms with Crippen molar-refractivity contribution in [1.29, 1.82) is 0 Å². The van der Waals surface area contributed by atoms with Gasteiger partial charge in [-0.2, -0.15) is 0 Å². The van der Waals surface area contributed by atoms with Crippen molar-refractivity contribution in [2.45, 2.75) is 6.04 Å². The van der Waals surface area contributed by atoms with Gasteiger partial charge in [0.15, 0.2) is 0 Å². The van der Waals surface area contributed by atoms with Gasteiger partial charge in [-0.05, 0) is 36.9 Å². The quantitative estimate of drug-likeness (QED) is 0.900. The summed E-state index contributed by atoms with van der Waals surface area (Å²) in [5, 5.41) is 3.78. The van der Waals surface area contributed by atoms with Crippen molar-refractivity contribution in [2.24, 2.45) is 0 Å². The lowest BCUT2D eigenvalue weighted by atomic mass is 9.97. The van der Waals surface area contributed by atoms with E-state index in [-0.39, 0.29) is 11.1 Å². The Kier molecular flexibility index (Phi) is 4.86. The Morgan fingerprint density at radius 1 is 1.15 bits per heavy atom. The minimum Gasteiger partial charge on any atom is -0.496 e. The number of benzene rings is 2. The summed E-state index contributed by atoms with van der Waals surface area (Å²) in [6.45, 7) is 0. The molecule has 0 fully saturated rings. The summed E-state index contributed by atoms with van der Waals surface area (Å²) in [5.41, 5.74) is 1.43. The van der Waals surface area contributed by atoms with E-state index >= 15 is 0 Å². The minimum absolute atomic E-state index is 0.0916. The molecule has 2 aromatic rings. The Labute approximate surface area is 127 Å². The first-order chi connectivity index (χ1) is 9.58. The van der Waals surface area contributed by atoms with Crippen LogP contribution in [0.4, 0.5) is 4.39 Å². The zero-order valence-electron chi connectivity index (χ0n) is 11.1. The van der Waals surface area contributed by atoms with Crippen LogP contribution in [0, 0.1) is 5.82 Å². The van der Waals surface area contributed by atoms with Gasteiger partial charge in [-0.3, -0.25) is 0 Å². The molecule has 0 heterocycles. The molecule has 0 bridgehead atoms. The fraction of sp³-hybridized carbons (Fsp3) is 0.200. The highest BCUT2D eigenvalue weighted by Crippen LogP contribution is 2.35. The molecule has 0 radical (unpaired) electrons. The van der Waals surface area contributed by atoms with Crippen LogP contribution in [0.15, 0.2) is 36.4 Å². The van der Waals surface area contributed by atoms with Crippen molar-refractivity contribution < 1.29 is 9.13 Å². The molecule has 2 aromatic carbocycles. The number of rotatable bonds is 4. The van der Waals surface area contributed by atoms with Gasteiger partial charge in [0.25, 0.3) is 0 Å². The predicted molar refractivity (Wildman–Crippen MR) is 80.3 cm³/mol. The first kappa shape index (κ1) is 15.1. The highest BCUT2D eigenvalue weighted by molar-refractivity contribution is 6.31. The highest BCUT2D eigenvalue weighted by Gasteiger charge is 2.20. The van der Waals surface area contributed by atoms with Gasteiger partial charge in [-0.15, -0.1) is 0 Å². The fourth-order valence-corrected chi connectivity index (χ4v) is 2.57. The molecule has 0 spiro atoms. The van der Waals surface area contributed by atoms with E-state index < -0.39 is 5.82 Å². The second-order valence-electron chi connectivity index (χ2n) is 4.25. The molecule has 0 amide bonds. The lowest BCUT2D eigenvalue weighted by Crippen LogP contribution is -2.19. The molecule has 0 aliphatic heterocycles. The maximum Gasteiger partial charge on any atom is 0.142 e. The maximum atomic E-state index is 13.6. The normalized spacial score (nSPS) is 12.2. The van der Waals surface area contributed by atoms with Crippen LogP contribution in [0.3, 0.4) is 0 Å². The summed E-state index contributed by atoms with van der Waals surface area (Å²) < 4.78 is 19.0. The van der Waals surface area contributed by atoms with Crippen LogP contribution in [0.5, 0.6) is 5.75 Å². The molecule has 1 unspecified atom stereocenters. The van der Waals surface area contributed by atoms with Crippen LogP contribution >= 0.6 is 23.2 Å². The van der Waals surface area contributed by atoms with Gasteiger partial charge in [-0.25, -0.2) is 4.39 Å². The van der Waals surface area contributed by atoms with Crippen molar-refractivity contribution in [2.75, 3.05) is 14.2 Å². The third kappa shape index (κ3) is 2.90. The zero-order chi connectivity index (χ0) is 14.7. The van der Waals surface area contributed by atoms with E-state index in [1.165, 1.54) is 6.07 Å². The van der Waals surface area contributed by atoms with Gasteiger partial charge < -0.3 is 10.1 Å². The van der Waals surface area contributed by atoms with E-state index in [1.54, 1.807) is 44.5 Å².